The molecule has 1 heterocycles. The molecule has 0 fully saturated rings. The first-order valence-corrected chi connectivity index (χ1v) is 5.67. The van der Waals surface area contributed by atoms with Crippen molar-refractivity contribution in [3.05, 3.63) is 18.2 Å². The van der Waals surface area contributed by atoms with Gasteiger partial charge in [-0.2, -0.15) is 0 Å². The van der Waals surface area contributed by atoms with Crippen LogP contribution < -0.4 is 10.6 Å². The predicted octanol–water partition coefficient (Wildman–Crippen LogP) is -0.245. The average Bonchev–Trinajstić information content (AvgIpc) is 2.75. The Morgan fingerprint density at radius 3 is 3.12 bits per heavy atom. The Labute approximate surface area is 101 Å². The van der Waals surface area contributed by atoms with E-state index < -0.39 is 0 Å². The Morgan fingerprint density at radius 1 is 1.59 bits per heavy atom. The molecule has 0 atom stereocenters. The summed E-state index contributed by atoms with van der Waals surface area (Å²) in [6.07, 6.45) is 4.01. The number of hydrogen-bond acceptors (Lipinski definition) is 4. The zero-order chi connectivity index (χ0) is 12.5. The number of imidazole rings is 1. The molecule has 6 nitrogen and oxygen atoms in total. The van der Waals surface area contributed by atoms with Gasteiger partial charge in [0, 0.05) is 39.4 Å². The molecule has 0 aromatic carbocycles. The van der Waals surface area contributed by atoms with Crippen LogP contribution in [-0.4, -0.2) is 42.8 Å². The van der Waals surface area contributed by atoms with E-state index in [0.29, 0.717) is 26.1 Å². The summed E-state index contributed by atoms with van der Waals surface area (Å²) < 4.78 is 6.83. The van der Waals surface area contributed by atoms with Crippen molar-refractivity contribution in [1.29, 1.82) is 0 Å². The lowest BCUT2D eigenvalue weighted by Crippen LogP contribution is -2.27. The largest absolute Gasteiger partial charge is 0.383 e. The third-order valence-corrected chi connectivity index (χ3v) is 2.36. The smallest absolute Gasteiger partial charge is 0.221 e. The minimum absolute atomic E-state index is 0.0335. The van der Waals surface area contributed by atoms with Crippen molar-refractivity contribution in [2.24, 2.45) is 0 Å². The number of ether oxygens (including phenoxy) is 1. The molecule has 0 bridgehead atoms. The van der Waals surface area contributed by atoms with E-state index >= 15 is 0 Å². The third-order valence-electron chi connectivity index (χ3n) is 2.36. The normalized spacial score (nSPS) is 10.5. The van der Waals surface area contributed by atoms with Crippen LogP contribution in [0.2, 0.25) is 0 Å². The molecule has 0 aliphatic rings. The second-order valence-corrected chi connectivity index (χ2v) is 3.70. The number of carbonyl (C=O) groups excluding carboxylic acids is 1. The van der Waals surface area contributed by atoms with Gasteiger partial charge in [-0.15, -0.1) is 0 Å². The topological polar surface area (TPSA) is 68.2 Å². The molecule has 0 spiro atoms. The second kappa shape index (κ2) is 7.81. The molecule has 0 saturated heterocycles. The lowest BCUT2D eigenvalue weighted by atomic mass is 10.3. The number of hydrogen-bond donors (Lipinski definition) is 2. The molecule has 0 aliphatic carbocycles. The summed E-state index contributed by atoms with van der Waals surface area (Å²) in [7, 11) is 3.50. The van der Waals surface area contributed by atoms with E-state index in [9.17, 15) is 4.79 Å². The first kappa shape index (κ1) is 13.7. The quantitative estimate of drug-likeness (QED) is 0.615. The van der Waals surface area contributed by atoms with Gasteiger partial charge in [0.25, 0.3) is 0 Å². The number of carbonyl (C=O) groups is 1. The lowest BCUT2D eigenvalue weighted by Gasteiger charge is -2.08. The van der Waals surface area contributed by atoms with E-state index in [0.717, 1.165) is 12.2 Å². The van der Waals surface area contributed by atoms with Crippen molar-refractivity contribution in [1.82, 2.24) is 20.2 Å². The van der Waals surface area contributed by atoms with Crippen molar-refractivity contribution in [3.8, 4) is 0 Å². The summed E-state index contributed by atoms with van der Waals surface area (Å²) >= 11 is 0. The van der Waals surface area contributed by atoms with Crippen molar-refractivity contribution >= 4 is 5.91 Å². The zero-order valence-corrected chi connectivity index (χ0v) is 10.4. The lowest BCUT2D eigenvalue weighted by molar-refractivity contribution is -0.121. The molecule has 6 heteroatoms. The maximum absolute atomic E-state index is 11.5. The summed E-state index contributed by atoms with van der Waals surface area (Å²) in [5.74, 6) is 0.0335. The molecule has 1 aromatic heterocycles. The van der Waals surface area contributed by atoms with Crippen LogP contribution in [0.4, 0.5) is 0 Å². The molecule has 17 heavy (non-hydrogen) atoms. The van der Waals surface area contributed by atoms with Gasteiger partial charge >= 0.3 is 0 Å². The van der Waals surface area contributed by atoms with Gasteiger partial charge in [0.05, 0.1) is 18.6 Å². The second-order valence-electron chi connectivity index (χ2n) is 3.70. The Bertz CT molecular complexity index is 338. The Balaban J connectivity index is 2.29. The zero-order valence-electron chi connectivity index (χ0n) is 10.4. The first-order chi connectivity index (χ1) is 8.27. The molecule has 96 valence electrons. The molecular formula is C11H20N4O2. The monoisotopic (exact) mass is 240 g/mol. The molecule has 0 unspecified atom stereocenters. The number of methoxy groups -OCH3 is 1. The van der Waals surface area contributed by atoms with Crippen molar-refractivity contribution in [2.75, 3.05) is 27.3 Å². The molecule has 0 saturated carbocycles. The van der Waals surface area contributed by atoms with Gasteiger partial charge in [0.1, 0.15) is 0 Å². The number of aromatic nitrogens is 2. The van der Waals surface area contributed by atoms with Crippen molar-refractivity contribution in [2.45, 2.75) is 19.5 Å². The van der Waals surface area contributed by atoms with E-state index in [1.54, 1.807) is 19.6 Å². The maximum atomic E-state index is 11.5. The van der Waals surface area contributed by atoms with Crippen LogP contribution in [0.5, 0.6) is 0 Å². The molecule has 0 radical (unpaired) electrons. The van der Waals surface area contributed by atoms with Gasteiger partial charge < -0.3 is 19.9 Å². The minimum Gasteiger partial charge on any atom is -0.383 e. The Morgan fingerprint density at radius 2 is 2.41 bits per heavy atom. The molecule has 1 rings (SSSR count). The van der Waals surface area contributed by atoms with E-state index in [-0.39, 0.29) is 5.91 Å². The van der Waals surface area contributed by atoms with Crippen LogP contribution in [0.1, 0.15) is 12.1 Å². The summed E-state index contributed by atoms with van der Waals surface area (Å²) in [5, 5.41) is 5.85. The summed E-state index contributed by atoms with van der Waals surface area (Å²) in [6.45, 7) is 2.51. The molecule has 2 N–H and O–H groups in total. The van der Waals surface area contributed by atoms with Crippen LogP contribution >= 0.6 is 0 Å². The Hall–Kier alpha value is -1.40. The van der Waals surface area contributed by atoms with E-state index in [1.165, 1.54) is 0 Å². The van der Waals surface area contributed by atoms with Gasteiger partial charge in [-0.1, -0.05) is 0 Å². The fraction of sp³-hybridized carbons (Fsp3) is 0.636. The van der Waals surface area contributed by atoms with Crippen molar-refractivity contribution < 1.29 is 9.53 Å². The number of aryl methyl sites for hydroxylation is 1. The van der Waals surface area contributed by atoms with Gasteiger partial charge in [-0.05, 0) is 7.05 Å². The number of nitrogens with one attached hydrogen (secondary N) is 2. The number of amides is 1. The van der Waals surface area contributed by atoms with Crippen LogP contribution in [0.15, 0.2) is 12.5 Å². The maximum Gasteiger partial charge on any atom is 0.221 e. The SMILES string of the molecule is CNCc1cncn1CCC(=O)NCCOC. The summed E-state index contributed by atoms with van der Waals surface area (Å²) in [6, 6.07) is 0. The molecule has 0 aliphatic heterocycles. The number of rotatable bonds is 8. The molecular weight excluding hydrogens is 220 g/mol. The average molecular weight is 240 g/mol. The van der Waals surface area contributed by atoms with Crippen molar-refractivity contribution in [3.63, 3.8) is 0 Å². The Kier molecular flexibility index (Phi) is 6.27. The molecule has 1 aromatic rings. The minimum atomic E-state index is 0.0335. The fourth-order valence-corrected chi connectivity index (χ4v) is 1.48. The summed E-state index contributed by atoms with van der Waals surface area (Å²) in [4.78, 5) is 15.5. The van der Waals surface area contributed by atoms with Crippen LogP contribution in [0.25, 0.3) is 0 Å². The van der Waals surface area contributed by atoms with Crippen LogP contribution in [0, 0.1) is 0 Å². The highest BCUT2D eigenvalue weighted by atomic mass is 16.5. The highest BCUT2D eigenvalue weighted by molar-refractivity contribution is 5.75. The van der Waals surface area contributed by atoms with Gasteiger partial charge in [-0.3, -0.25) is 4.79 Å². The van der Waals surface area contributed by atoms with Crippen LogP contribution in [0.3, 0.4) is 0 Å². The number of nitrogens with zero attached hydrogens (tertiary/aromatic N) is 2. The van der Waals surface area contributed by atoms with Gasteiger partial charge in [0.2, 0.25) is 5.91 Å². The highest BCUT2D eigenvalue weighted by Gasteiger charge is 2.04. The third kappa shape index (κ3) is 4.97. The standard InChI is InChI=1S/C11H20N4O2/c1-12-7-10-8-13-9-15(10)5-3-11(16)14-4-6-17-2/h8-9,12H,3-7H2,1-2H3,(H,14,16). The van der Waals surface area contributed by atoms with E-state index in [4.69, 9.17) is 4.74 Å². The molecule has 1 amide bonds. The van der Waals surface area contributed by atoms with E-state index in [1.807, 2.05) is 11.6 Å². The van der Waals surface area contributed by atoms with Gasteiger partial charge in [0.15, 0.2) is 0 Å². The first-order valence-electron chi connectivity index (χ1n) is 5.67. The highest BCUT2D eigenvalue weighted by Crippen LogP contribution is 2.00. The predicted molar refractivity (Wildman–Crippen MR) is 64.5 cm³/mol. The van der Waals surface area contributed by atoms with E-state index in [2.05, 4.69) is 15.6 Å². The fourth-order valence-electron chi connectivity index (χ4n) is 1.48. The van der Waals surface area contributed by atoms with Crippen LogP contribution in [-0.2, 0) is 22.6 Å². The summed E-state index contributed by atoms with van der Waals surface area (Å²) in [5.41, 5.74) is 1.08. The van der Waals surface area contributed by atoms with Gasteiger partial charge in [-0.25, -0.2) is 4.98 Å².